The van der Waals surface area contributed by atoms with Gasteiger partial charge in [0.15, 0.2) is 0 Å². The van der Waals surface area contributed by atoms with E-state index >= 15 is 0 Å². The number of nitrogens with one attached hydrogen (secondary N) is 1. The van der Waals surface area contributed by atoms with Crippen LogP contribution in [0.25, 0.3) is 0 Å². The van der Waals surface area contributed by atoms with Gasteiger partial charge in [0.1, 0.15) is 5.01 Å². The molecule has 1 fully saturated rings. The Labute approximate surface area is 158 Å². The second-order valence-electron chi connectivity index (χ2n) is 6.56. The summed E-state index contributed by atoms with van der Waals surface area (Å²) < 4.78 is 0. The second kappa shape index (κ2) is 8.93. The number of carbonyl (C=O) groups is 1. The number of anilines is 1. The highest BCUT2D eigenvalue weighted by Crippen LogP contribution is 2.31. The van der Waals surface area contributed by atoms with Crippen molar-refractivity contribution >= 4 is 22.4 Å². The first-order valence-corrected chi connectivity index (χ1v) is 9.88. The van der Waals surface area contributed by atoms with Gasteiger partial charge in [-0.2, -0.15) is 0 Å². The van der Waals surface area contributed by atoms with Crippen molar-refractivity contribution < 1.29 is 4.79 Å². The molecule has 0 aliphatic carbocycles. The lowest BCUT2D eigenvalue weighted by molar-refractivity contribution is -0.121. The van der Waals surface area contributed by atoms with Crippen LogP contribution in [0.4, 0.5) is 5.13 Å². The molecular formula is C20H24N4OS. The minimum Gasteiger partial charge on any atom is -0.300 e. The summed E-state index contributed by atoms with van der Waals surface area (Å²) in [7, 11) is 0. The molecule has 1 atom stereocenters. The first kappa shape index (κ1) is 18.6. The topological polar surface area (TPSA) is 58.1 Å². The Morgan fingerprint density at radius 3 is 2.73 bits per heavy atom. The Bertz CT molecular complexity index is 760. The number of carbonyl (C=O) groups excluding carboxylic acids is 1. The molecule has 3 rings (SSSR count). The molecule has 0 saturated carbocycles. The van der Waals surface area contributed by atoms with Crippen LogP contribution in [0.3, 0.4) is 0 Å². The molecule has 2 aromatic rings. The van der Waals surface area contributed by atoms with Gasteiger partial charge in [-0.25, -0.2) is 0 Å². The van der Waals surface area contributed by atoms with Gasteiger partial charge in [0.25, 0.3) is 0 Å². The number of likely N-dealkylation sites (tertiary alicyclic amines) is 1. The van der Waals surface area contributed by atoms with Gasteiger partial charge in [-0.05, 0) is 37.9 Å². The van der Waals surface area contributed by atoms with E-state index in [1.807, 2.05) is 18.2 Å². The van der Waals surface area contributed by atoms with E-state index < -0.39 is 0 Å². The molecule has 136 valence electrons. The van der Waals surface area contributed by atoms with Crippen molar-refractivity contribution in [3.63, 3.8) is 0 Å². The molecule has 1 aliphatic heterocycles. The van der Waals surface area contributed by atoms with E-state index in [4.69, 9.17) is 6.42 Å². The number of nitrogens with zero attached hydrogens (tertiary/aromatic N) is 3. The highest BCUT2D eigenvalue weighted by molar-refractivity contribution is 7.15. The van der Waals surface area contributed by atoms with E-state index in [0.717, 1.165) is 37.4 Å². The smallest absolute Gasteiger partial charge is 0.229 e. The maximum atomic E-state index is 12.5. The summed E-state index contributed by atoms with van der Waals surface area (Å²) >= 11 is 1.47. The molecule has 0 bridgehead atoms. The van der Waals surface area contributed by atoms with Gasteiger partial charge in [0, 0.05) is 11.8 Å². The Hall–Kier alpha value is -2.23. The van der Waals surface area contributed by atoms with Crippen LogP contribution in [0.5, 0.6) is 0 Å². The standard InChI is InChI=1S/C20H24N4OS/c1-3-12-24-13-10-16(11-14-24)18(25)21-20-23-22-19(26-20)17(4-2)15-8-6-5-7-9-15/h1,5-9,16-17H,4,10-14H2,2H3,(H,21,23,25). The molecule has 0 spiro atoms. The van der Waals surface area contributed by atoms with Crippen LogP contribution in [0.2, 0.25) is 0 Å². The Balaban J connectivity index is 1.60. The first-order chi connectivity index (χ1) is 12.7. The zero-order chi connectivity index (χ0) is 18.4. The van der Waals surface area contributed by atoms with Crippen molar-refractivity contribution in [1.29, 1.82) is 0 Å². The summed E-state index contributed by atoms with van der Waals surface area (Å²) in [5.74, 6) is 2.94. The summed E-state index contributed by atoms with van der Waals surface area (Å²) in [6.45, 7) is 4.54. The average molecular weight is 369 g/mol. The lowest BCUT2D eigenvalue weighted by atomic mass is 9.96. The van der Waals surface area contributed by atoms with Gasteiger partial charge in [-0.1, -0.05) is 54.5 Å². The highest BCUT2D eigenvalue weighted by Gasteiger charge is 2.26. The Morgan fingerprint density at radius 2 is 2.08 bits per heavy atom. The van der Waals surface area contributed by atoms with E-state index in [1.165, 1.54) is 16.9 Å². The van der Waals surface area contributed by atoms with Crippen LogP contribution < -0.4 is 5.32 Å². The van der Waals surface area contributed by atoms with Crippen molar-refractivity contribution in [2.45, 2.75) is 32.1 Å². The number of aromatic nitrogens is 2. The highest BCUT2D eigenvalue weighted by atomic mass is 32.1. The fourth-order valence-corrected chi connectivity index (χ4v) is 4.31. The van der Waals surface area contributed by atoms with Crippen LogP contribution in [-0.2, 0) is 4.79 Å². The number of hydrogen-bond donors (Lipinski definition) is 1. The molecule has 1 unspecified atom stereocenters. The van der Waals surface area contributed by atoms with Gasteiger partial charge in [0.05, 0.1) is 6.54 Å². The van der Waals surface area contributed by atoms with E-state index in [2.05, 4.69) is 45.4 Å². The number of benzene rings is 1. The summed E-state index contributed by atoms with van der Waals surface area (Å²) in [5.41, 5.74) is 1.23. The fraction of sp³-hybridized carbons (Fsp3) is 0.450. The molecule has 1 aromatic heterocycles. The molecule has 1 amide bonds. The molecular weight excluding hydrogens is 344 g/mol. The first-order valence-electron chi connectivity index (χ1n) is 9.06. The van der Waals surface area contributed by atoms with E-state index in [0.29, 0.717) is 11.7 Å². The Kier molecular flexibility index (Phi) is 6.37. The van der Waals surface area contributed by atoms with Crippen molar-refractivity contribution in [3.05, 3.63) is 40.9 Å². The van der Waals surface area contributed by atoms with Gasteiger partial charge in [0.2, 0.25) is 11.0 Å². The largest absolute Gasteiger partial charge is 0.300 e. The molecule has 26 heavy (non-hydrogen) atoms. The van der Waals surface area contributed by atoms with Crippen molar-refractivity contribution in [1.82, 2.24) is 15.1 Å². The van der Waals surface area contributed by atoms with Crippen molar-refractivity contribution in [3.8, 4) is 12.3 Å². The molecule has 1 aliphatic rings. The summed E-state index contributed by atoms with van der Waals surface area (Å²) in [6, 6.07) is 10.3. The average Bonchev–Trinajstić information content (AvgIpc) is 3.12. The lowest BCUT2D eigenvalue weighted by Gasteiger charge is -2.29. The van der Waals surface area contributed by atoms with Crippen LogP contribution in [0.1, 0.15) is 42.7 Å². The van der Waals surface area contributed by atoms with Gasteiger partial charge in [-0.15, -0.1) is 16.6 Å². The minimum absolute atomic E-state index is 0.0208. The third kappa shape index (κ3) is 4.48. The Morgan fingerprint density at radius 1 is 1.35 bits per heavy atom. The normalized spacial score (nSPS) is 16.8. The van der Waals surface area contributed by atoms with Gasteiger partial charge < -0.3 is 5.32 Å². The van der Waals surface area contributed by atoms with Gasteiger partial charge >= 0.3 is 0 Å². The van der Waals surface area contributed by atoms with Crippen molar-refractivity contribution in [2.75, 3.05) is 25.0 Å². The minimum atomic E-state index is 0.0208. The summed E-state index contributed by atoms with van der Waals surface area (Å²) in [4.78, 5) is 14.7. The lowest BCUT2D eigenvalue weighted by Crippen LogP contribution is -2.38. The van der Waals surface area contributed by atoms with Gasteiger partial charge in [-0.3, -0.25) is 9.69 Å². The van der Waals surface area contributed by atoms with Crippen molar-refractivity contribution in [2.24, 2.45) is 5.92 Å². The third-order valence-corrected chi connectivity index (χ3v) is 5.80. The number of hydrogen-bond acceptors (Lipinski definition) is 5. The predicted octanol–water partition coefficient (Wildman–Crippen LogP) is 3.36. The van der Waals surface area contributed by atoms with Crippen LogP contribution in [0, 0.1) is 18.3 Å². The quantitative estimate of drug-likeness (QED) is 0.795. The van der Waals surface area contributed by atoms with Crippen LogP contribution in [-0.4, -0.2) is 40.6 Å². The van der Waals surface area contributed by atoms with E-state index in [-0.39, 0.29) is 17.7 Å². The molecule has 6 heteroatoms. The fourth-order valence-electron chi connectivity index (χ4n) is 3.35. The molecule has 0 radical (unpaired) electrons. The molecule has 5 nitrogen and oxygen atoms in total. The molecule has 1 N–H and O–H groups in total. The monoisotopic (exact) mass is 368 g/mol. The predicted molar refractivity (Wildman–Crippen MR) is 105 cm³/mol. The van der Waals surface area contributed by atoms with E-state index in [1.54, 1.807) is 0 Å². The third-order valence-electron chi connectivity index (χ3n) is 4.85. The van der Waals surface area contributed by atoms with E-state index in [9.17, 15) is 4.79 Å². The number of amides is 1. The summed E-state index contributed by atoms with van der Waals surface area (Å²) in [6.07, 6.45) is 7.96. The molecule has 1 saturated heterocycles. The molecule has 2 heterocycles. The summed E-state index contributed by atoms with van der Waals surface area (Å²) in [5, 5.41) is 13.0. The zero-order valence-corrected chi connectivity index (χ0v) is 15.8. The maximum Gasteiger partial charge on any atom is 0.229 e. The second-order valence-corrected chi connectivity index (χ2v) is 7.57. The van der Waals surface area contributed by atoms with Crippen LogP contribution in [0.15, 0.2) is 30.3 Å². The van der Waals surface area contributed by atoms with Crippen LogP contribution >= 0.6 is 11.3 Å². The number of piperidine rings is 1. The zero-order valence-electron chi connectivity index (χ0n) is 15.0. The maximum absolute atomic E-state index is 12.5. The number of terminal acetylenes is 1. The number of rotatable bonds is 6. The SMILES string of the molecule is C#CCN1CCC(C(=O)Nc2nnc(C(CC)c3ccccc3)s2)CC1. The molecule has 1 aromatic carbocycles.